The average molecular weight is 375 g/mol. The largest absolute Gasteiger partial charge is 0.455 e. The predicted octanol–water partition coefficient (Wildman–Crippen LogP) is 4.15. The van der Waals surface area contributed by atoms with E-state index in [-0.39, 0.29) is 5.82 Å². The predicted molar refractivity (Wildman–Crippen MR) is 92.4 cm³/mol. The van der Waals surface area contributed by atoms with E-state index < -0.39 is 0 Å². The third-order valence-corrected chi connectivity index (χ3v) is 4.24. The lowest BCUT2D eigenvalue weighted by Crippen LogP contribution is -2.83. The highest BCUT2D eigenvalue weighted by molar-refractivity contribution is 9.10. The second-order valence-corrected chi connectivity index (χ2v) is 6.31. The van der Waals surface area contributed by atoms with Crippen molar-refractivity contribution < 1.29 is 14.1 Å². The number of benzene rings is 2. The topological polar surface area (TPSA) is 29.8 Å². The lowest BCUT2D eigenvalue weighted by Gasteiger charge is -2.02. The molecular weight excluding hydrogens is 357 g/mol. The van der Waals surface area contributed by atoms with Gasteiger partial charge >= 0.3 is 0 Å². The van der Waals surface area contributed by atoms with Crippen molar-refractivity contribution in [2.75, 3.05) is 6.54 Å². The molecule has 2 N–H and O–H groups in total. The second-order valence-electron chi connectivity index (χ2n) is 5.40. The maximum atomic E-state index is 13.5. The van der Waals surface area contributed by atoms with Crippen molar-refractivity contribution in [2.24, 2.45) is 0 Å². The number of halogens is 2. The Morgan fingerprint density at radius 1 is 0.957 bits per heavy atom. The van der Waals surface area contributed by atoms with E-state index in [1.165, 1.54) is 6.07 Å². The molecule has 0 radical (unpaired) electrons. The highest BCUT2D eigenvalue weighted by Crippen LogP contribution is 2.23. The molecule has 0 unspecified atom stereocenters. The van der Waals surface area contributed by atoms with E-state index in [4.69, 9.17) is 4.42 Å². The van der Waals surface area contributed by atoms with Crippen molar-refractivity contribution >= 4 is 15.9 Å². The molecule has 0 aliphatic carbocycles. The Balaban J connectivity index is 1.52. The first kappa shape index (κ1) is 16.0. The van der Waals surface area contributed by atoms with Crippen LogP contribution in [0, 0.1) is 5.82 Å². The Hall–Kier alpha value is -1.91. The van der Waals surface area contributed by atoms with Crippen molar-refractivity contribution in [1.82, 2.24) is 0 Å². The lowest BCUT2D eigenvalue weighted by molar-refractivity contribution is -0.671. The van der Waals surface area contributed by atoms with Gasteiger partial charge in [-0.3, -0.25) is 0 Å². The molecule has 3 rings (SSSR count). The van der Waals surface area contributed by atoms with Crippen LogP contribution in [0.4, 0.5) is 4.39 Å². The van der Waals surface area contributed by atoms with E-state index in [9.17, 15) is 4.39 Å². The van der Waals surface area contributed by atoms with Crippen LogP contribution in [0.1, 0.15) is 11.3 Å². The zero-order valence-electron chi connectivity index (χ0n) is 12.6. The summed E-state index contributed by atoms with van der Waals surface area (Å²) in [6.45, 7) is 1.58. The molecule has 0 saturated heterocycles. The lowest BCUT2D eigenvalue weighted by atomic mass is 10.1. The molecule has 3 aromatic rings. The number of rotatable bonds is 6. The number of hydrogen-bond donors (Lipinski definition) is 1. The molecule has 0 saturated carbocycles. The van der Waals surface area contributed by atoms with Crippen molar-refractivity contribution in [3.8, 4) is 11.3 Å². The second kappa shape index (κ2) is 7.57. The number of quaternary nitrogens is 1. The standard InChI is InChI=1S/C19H17BrFNO/c20-16-7-5-15(6-8-16)19-10-9-17(23-19)13-22-12-11-14-3-1-2-4-18(14)21/h1-10,22H,11-13H2/p+1. The van der Waals surface area contributed by atoms with Gasteiger partial charge in [-0.25, -0.2) is 4.39 Å². The SMILES string of the molecule is Fc1ccccc1CC[NH2+]Cc1ccc(-c2ccc(Br)cc2)o1. The van der Waals surface area contributed by atoms with Gasteiger partial charge in [0.2, 0.25) is 0 Å². The van der Waals surface area contributed by atoms with E-state index in [1.807, 2.05) is 48.5 Å². The first-order valence-electron chi connectivity index (χ1n) is 7.62. The summed E-state index contributed by atoms with van der Waals surface area (Å²) < 4.78 is 20.4. The molecule has 23 heavy (non-hydrogen) atoms. The summed E-state index contributed by atoms with van der Waals surface area (Å²) in [6, 6.07) is 19.0. The van der Waals surface area contributed by atoms with Crippen LogP contribution in [-0.4, -0.2) is 6.54 Å². The fourth-order valence-corrected chi connectivity index (χ4v) is 2.72. The molecule has 4 heteroatoms. The van der Waals surface area contributed by atoms with Crippen molar-refractivity contribution in [3.63, 3.8) is 0 Å². The zero-order valence-corrected chi connectivity index (χ0v) is 14.2. The molecule has 0 atom stereocenters. The normalized spacial score (nSPS) is 10.9. The van der Waals surface area contributed by atoms with Crippen LogP contribution in [0.15, 0.2) is 69.6 Å². The maximum absolute atomic E-state index is 13.5. The Morgan fingerprint density at radius 3 is 2.52 bits per heavy atom. The first-order valence-corrected chi connectivity index (χ1v) is 8.41. The summed E-state index contributed by atoms with van der Waals surface area (Å²) in [5, 5.41) is 2.14. The van der Waals surface area contributed by atoms with Crippen LogP contribution in [0.3, 0.4) is 0 Å². The molecule has 118 valence electrons. The van der Waals surface area contributed by atoms with Gasteiger partial charge in [-0.05, 0) is 35.9 Å². The minimum absolute atomic E-state index is 0.128. The maximum Gasteiger partial charge on any atom is 0.158 e. The first-order chi connectivity index (χ1) is 11.2. The molecule has 2 nitrogen and oxygen atoms in total. The summed E-state index contributed by atoms with van der Waals surface area (Å²) in [4.78, 5) is 0. The third kappa shape index (κ3) is 4.30. The molecule has 0 spiro atoms. The van der Waals surface area contributed by atoms with Crippen LogP contribution in [0.5, 0.6) is 0 Å². The minimum Gasteiger partial charge on any atom is -0.455 e. The molecule has 0 aliphatic heterocycles. The Bertz CT molecular complexity index is 767. The van der Waals surface area contributed by atoms with Crippen LogP contribution in [0.25, 0.3) is 11.3 Å². The van der Waals surface area contributed by atoms with Crippen LogP contribution >= 0.6 is 15.9 Å². The number of nitrogens with two attached hydrogens (primary N) is 1. The summed E-state index contributed by atoms with van der Waals surface area (Å²) in [5.74, 6) is 1.67. The van der Waals surface area contributed by atoms with Crippen molar-refractivity contribution in [1.29, 1.82) is 0 Å². The molecule has 0 fully saturated rings. The minimum atomic E-state index is -0.128. The van der Waals surface area contributed by atoms with Gasteiger partial charge in [-0.1, -0.05) is 46.3 Å². The zero-order chi connectivity index (χ0) is 16.1. The summed E-state index contributed by atoms with van der Waals surface area (Å²) in [7, 11) is 0. The van der Waals surface area contributed by atoms with Crippen molar-refractivity contribution in [3.05, 3.63) is 82.3 Å². The quantitative estimate of drug-likeness (QED) is 0.645. The summed E-state index contributed by atoms with van der Waals surface area (Å²) >= 11 is 3.43. The van der Waals surface area contributed by atoms with E-state index in [1.54, 1.807) is 6.07 Å². The fraction of sp³-hybridized carbons (Fsp3) is 0.158. The molecule has 0 amide bonds. The number of furan rings is 1. The van der Waals surface area contributed by atoms with Crippen LogP contribution in [-0.2, 0) is 13.0 Å². The average Bonchev–Trinajstić information content (AvgIpc) is 3.03. The Labute approximate surface area is 143 Å². The summed E-state index contributed by atoms with van der Waals surface area (Å²) in [6.07, 6.45) is 0.715. The molecule has 1 heterocycles. The Morgan fingerprint density at radius 2 is 1.74 bits per heavy atom. The van der Waals surface area contributed by atoms with E-state index in [0.29, 0.717) is 6.42 Å². The van der Waals surface area contributed by atoms with E-state index in [2.05, 4.69) is 21.2 Å². The van der Waals surface area contributed by atoms with E-state index in [0.717, 1.165) is 40.2 Å². The molecular formula is C19H18BrFNO+. The van der Waals surface area contributed by atoms with Crippen LogP contribution in [0.2, 0.25) is 0 Å². The van der Waals surface area contributed by atoms with Crippen LogP contribution < -0.4 is 5.32 Å². The van der Waals surface area contributed by atoms with Gasteiger partial charge in [0.1, 0.15) is 18.1 Å². The number of hydrogen-bond acceptors (Lipinski definition) is 1. The summed E-state index contributed by atoms with van der Waals surface area (Å²) in [5.41, 5.74) is 1.82. The van der Waals surface area contributed by atoms with E-state index >= 15 is 0 Å². The highest BCUT2D eigenvalue weighted by atomic mass is 79.9. The molecule has 0 bridgehead atoms. The van der Waals surface area contributed by atoms with Gasteiger partial charge in [-0.2, -0.15) is 0 Å². The van der Waals surface area contributed by atoms with Gasteiger partial charge in [0.05, 0.1) is 6.54 Å². The van der Waals surface area contributed by atoms with Gasteiger partial charge in [0, 0.05) is 16.5 Å². The monoisotopic (exact) mass is 374 g/mol. The molecule has 0 aliphatic rings. The molecule has 1 aromatic heterocycles. The molecule has 2 aromatic carbocycles. The van der Waals surface area contributed by atoms with Gasteiger partial charge in [0.25, 0.3) is 0 Å². The smallest absolute Gasteiger partial charge is 0.158 e. The van der Waals surface area contributed by atoms with Gasteiger partial charge in [-0.15, -0.1) is 0 Å². The Kier molecular flexibility index (Phi) is 5.26. The van der Waals surface area contributed by atoms with Gasteiger partial charge < -0.3 is 9.73 Å². The fourth-order valence-electron chi connectivity index (χ4n) is 2.46. The van der Waals surface area contributed by atoms with Gasteiger partial charge in [0.15, 0.2) is 5.76 Å². The third-order valence-electron chi connectivity index (χ3n) is 3.71. The highest BCUT2D eigenvalue weighted by Gasteiger charge is 2.07. The van der Waals surface area contributed by atoms with Crippen molar-refractivity contribution in [2.45, 2.75) is 13.0 Å².